The fourth-order valence-electron chi connectivity index (χ4n) is 5.03. The van der Waals surface area contributed by atoms with Crippen LogP contribution in [-0.2, 0) is 4.79 Å². The van der Waals surface area contributed by atoms with Crippen LogP contribution in [0.5, 0.6) is 0 Å². The lowest BCUT2D eigenvalue weighted by Crippen LogP contribution is -2.30. The van der Waals surface area contributed by atoms with Crippen molar-refractivity contribution in [2.45, 2.75) is 45.1 Å². The molecule has 1 amide bonds. The number of nitrogens with one attached hydrogen (secondary N) is 2. The lowest BCUT2D eigenvalue weighted by atomic mass is 9.87. The molecule has 0 unspecified atom stereocenters. The lowest BCUT2D eigenvalue weighted by molar-refractivity contribution is -0.117. The third kappa shape index (κ3) is 5.27. The number of allylic oxidation sites excluding steroid dienone is 1. The van der Waals surface area contributed by atoms with E-state index in [-0.39, 0.29) is 5.91 Å². The second-order valence-corrected chi connectivity index (χ2v) is 9.19. The number of carbonyl (C=O) groups excluding carboxylic acids is 1. The Balaban J connectivity index is 1.48. The van der Waals surface area contributed by atoms with E-state index in [9.17, 15) is 4.79 Å². The van der Waals surface area contributed by atoms with E-state index < -0.39 is 0 Å². The van der Waals surface area contributed by atoms with Crippen molar-refractivity contribution in [3.63, 3.8) is 0 Å². The van der Waals surface area contributed by atoms with E-state index in [0.717, 1.165) is 41.3 Å². The summed E-state index contributed by atoms with van der Waals surface area (Å²) >= 11 is 0. The Morgan fingerprint density at radius 2 is 1.71 bits per heavy atom. The molecule has 0 aliphatic heterocycles. The van der Waals surface area contributed by atoms with Crippen molar-refractivity contribution in [2.24, 2.45) is 0 Å². The van der Waals surface area contributed by atoms with Crippen LogP contribution in [0.15, 0.2) is 85.1 Å². The van der Waals surface area contributed by atoms with Gasteiger partial charge in [0.25, 0.3) is 0 Å². The Hall–Kier alpha value is -3.92. The number of fused-ring (bicyclic) bond motifs is 1. The van der Waals surface area contributed by atoms with E-state index in [1.807, 2.05) is 12.3 Å². The molecule has 4 nitrogen and oxygen atoms in total. The monoisotopic (exact) mass is 461 g/mol. The first-order valence-corrected chi connectivity index (χ1v) is 12.5. The first-order valence-electron chi connectivity index (χ1n) is 12.5. The molecule has 4 heteroatoms. The van der Waals surface area contributed by atoms with Crippen LogP contribution >= 0.6 is 0 Å². The molecule has 5 rings (SSSR count). The van der Waals surface area contributed by atoms with Crippen LogP contribution in [0, 0.1) is 0 Å². The summed E-state index contributed by atoms with van der Waals surface area (Å²) < 4.78 is 0. The van der Waals surface area contributed by atoms with Gasteiger partial charge in [0.05, 0.1) is 11.7 Å². The fraction of sp³-hybridized carbons (Fsp3) is 0.226. The number of carbonyl (C=O) groups is 1. The predicted octanol–water partition coefficient (Wildman–Crippen LogP) is 7.00. The second-order valence-electron chi connectivity index (χ2n) is 9.19. The molecular weight excluding hydrogens is 430 g/mol. The van der Waals surface area contributed by atoms with Crippen LogP contribution in [0.4, 0.5) is 0 Å². The van der Waals surface area contributed by atoms with E-state index in [4.69, 9.17) is 0 Å². The minimum absolute atomic E-state index is 0.00711. The van der Waals surface area contributed by atoms with Gasteiger partial charge in [0.15, 0.2) is 0 Å². The standard InChI is InChI=1S/C31H31N3O/c1-2-28(23-8-4-3-5-9-23)31(25-17-18-29-26(20-25)21-32-34-29)24-15-12-22(13-16-24)14-19-30(35)33-27-10-6-7-11-27/h3-5,8-9,12-21,27H,2,6-7,10-11H2,1H3,(H,32,34)(H,33,35). The normalized spacial score (nSPS) is 15.0. The Bertz CT molecular complexity index is 1360. The van der Waals surface area contributed by atoms with Gasteiger partial charge in [-0.15, -0.1) is 0 Å². The van der Waals surface area contributed by atoms with E-state index in [1.165, 1.54) is 35.1 Å². The van der Waals surface area contributed by atoms with Crippen molar-refractivity contribution in [3.8, 4) is 0 Å². The van der Waals surface area contributed by atoms with Gasteiger partial charge in [0.1, 0.15) is 0 Å². The summed E-state index contributed by atoms with van der Waals surface area (Å²) in [6, 6.07) is 25.9. The lowest BCUT2D eigenvalue weighted by Gasteiger charge is -2.17. The maximum atomic E-state index is 12.3. The quantitative estimate of drug-likeness (QED) is 0.230. The maximum absolute atomic E-state index is 12.3. The molecule has 176 valence electrons. The Morgan fingerprint density at radius 3 is 2.46 bits per heavy atom. The van der Waals surface area contributed by atoms with Gasteiger partial charge in [-0.1, -0.05) is 80.4 Å². The van der Waals surface area contributed by atoms with Crippen LogP contribution < -0.4 is 5.32 Å². The molecular formula is C31H31N3O. The van der Waals surface area contributed by atoms with Gasteiger partial charge in [-0.3, -0.25) is 9.89 Å². The molecule has 0 saturated heterocycles. The molecule has 1 heterocycles. The zero-order valence-corrected chi connectivity index (χ0v) is 20.1. The number of aromatic nitrogens is 2. The molecule has 1 saturated carbocycles. The zero-order chi connectivity index (χ0) is 24.0. The summed E-state index contributed by atoms with van der Waals surface area (Å²) in [5, 5.41) is 11.4. The van der Waals surface area contributed by atoms with Crippen LogP contribution in [0.2, 0.25) is 0 Å². The molecule has 0 atom stereocenters. The van der Waals surface area contributed by atoms with Crippen molar-refractivity contribution in [1.82, 2.24) is 15.5 Å². The molecule has 1 fully saturated rings. The smallest absolute Gasteiger partial charge is 0.244 e. The number of amides is 1. The second kappa shape index (κ2) is 10.6. The molecule has 2 N–H and O–H groups in total. The first kappa shape index (κ1) is 22.9. The molecule has 0 radical (unpaired) electrons. The molecule has 0 bridgehead atoms. The summed E-state index contributed by atoms with van der Waals surface area (Å²) in [7, 11) is 0. The predicted molar refractivity (Wildman–Crippen MR) is 145 cm³/mol. The average molecular weight is 462 g/mol. The molecule has 4 aromatic rings. The highest BCUT2D eigenvalue weighted by molar-refractivity contribution is 6.00. The van der Waals surface area contributed by atoms with Crippen LogP contribution in [0.25, 0.3) is 28.1 Å². The SMILES string of the molecule is CCC(=C(c1ccc(C=CC(=O)NC2CCCC2)cc1)c1ccc2[nH]ncc2c1)c1ccccc1. The van der Waals surface area contributed by atoms with Gasteiger partial charge in [0, 0.05) is 17.5 Å². The van der Waals surface area contributed by atoms with E-state index >= 15 is 0 Å². The van der Waals surface area contributed by atoms with Crippen molar-refractivity contribution in [2.75, 3.05) is 0 Å². The molecule has 1 aliphatic carbocycles. The highest BCUT2D eigenvalue weighted by Crippen LogP contribution is 2.35. The third-order valence-corrected chi connectivity index (χ3v) is 6.83. The summed E-state index contributed by atoms with van der Waals surface area (Å²) in [6.45, 7) is 2.21. The largest absolute Gasteiger partial charge is 0.350 e. The highest BCUT2D eigenvalue weighted by atomic mass is 16.1. The van der Waals surface area contributed by atoms with Crippen molar-refractivity contribution in [1.29, 1.82) is 0 Å². The minimum atomic E-state index is -0.00711. The number of hydrogen-bond acceptors (Lipinski definition) is 2. The summed E-state index contributed by atoms with van der Waals surface area (Å²) in [5.74, 6) is -0.00711. The van der Waals surface area contributed by atoms with Gasteiger partial charge >= 0.3 is 0 Å². The molecule has 3 aromatic carbocycles. The molecule has 1 aromatic heterocycles. The summed E-state index contributed by atoms with van der Waals surface area (Å²) in [4.78, 5) is 12.3. The van der Waals surface area contributed by atoms with Gasteiger partial charge in [0.2, 0.25) is 5.91 Å². The molecule has 0 spiro atoms. The molecule has 35 heavy (non-hydrogen) atoms. The number of H-pyrrole nitrogens is 1. The number of aromatic amines is 1. The number of rotatable bonds is 7. The zero-order valence-electron chi connectivity index (χ0n) is 20.1. The Morgan fingerprint density at radius 1 is 0.971 bits per heavy atom. The van der Waals surface area contributed by atoms with Crippen molar-refractivity contribution < 1.29 is 4.79 Å². The van der Waals surface area contributed by atoms with Gasteiger partial charge in [-0.25, -0.2) is 0 Å². The Labute approximate surface area is 206 Å². The van der Waals surface area contributed by atoms with Gasteiger partial charge < -0.3 is 5.32 Å². The van der Waals surface area contributed by atoms with Gasteiger partial charge in [-0.2, -0.15) is 5.10 Å². The van der Waals surface area contributed by atoms with Crippen molar-refractivity contribution >= 4 is 34.0 Å². The van der Waals surface area contributed by atoms with Crippen LogP contribution in [0.1, 0.15) is 61.3 Å². The Kier molecular flexibility index (Phi) is 6.89. The maximum Gasteiger partial charge on any atom is 0.244 e. The van der Waals surface area contributed by atoms with Gasteiger partial charge in [-0.05, 0) is 70.9 Å². The average Bonchev–Trinajstić information content (AvgIpc) is 3.58. The van der Waals surface area contributed by atoms with Crippen LogP contribution in [0.3, 0.4) is 0 Å². The number of hydrogen-bond donors (Lipinski definition) is 2. The summed E-state index contributed by atoms with van der Waals surface area (Å²) in [6.07, 6.45) is 10.9. The topological polar surface area (TPSA) is 57.8 Å². The number of nitrogens with zero attached hydrogens (tertiary/aromatic N) is 1. The van der Waals surface area contributed by atoms with E-state index in [2.05, 4.69) is 95.2 Å². The summed E-state index contributed by atoms with van der Waals surface area (Å²) in [5.41, 5.74) is 8.11. The third-order valence-electron chi connectivity index (χ3n) is 6.83. The number of benzene rings is 3. The van der Waals surface area contributed by atoms with E-state index in [0.29, 0.717) is 6.04 Å². The van der Waals surface area contributed by atoms with E-state index in [1.54, 1.807) is 6.08 Å². The highest BCUT2D eigenvalue weighted by Gasteiger charge is 2.16. The van der Waals surface area contributed by atoms with Crippen LogP contribution in [-0.4, -0.2) is 22.1 Å². The fourth-order valence-corrected chi connectivity index (χ4v) is 5.03. The molecule has 1 aliphatic rings. The first-order chi connectivity index (χ1) is 17.2. The van der Waals surface area contributed by atoms with Crippen molar-refractivity contribution in [3.05, 3.63) is 107 Å². The minimum Gasteiger partial charge on any atom is -0.350 e.